The zero-order chi connectivity index (χ0) is 11.5. The van der Waals surface area contributed by atoms with Crippen molar-refractivity contribution in [2.45, 2.75) is 12.5 Å². The minimum absolute atomic E-state index is 0.150. The van der Waals surface area contributed by atoms with Gasteiger partial charge in [-0.1, -0.05) is 6.07 Å². The Labute approximate surface area is 105 Å². The number of halogens is 2. The Morgan fingerprint density at radius 3 is 2.94 bits per heavy atom. The Hall–Kier alpha value is -0.780. The van der Waals surface area contributed by atoms with E-state index in [4.69, 9.17) is 5.73 Å². The fraction of sp³-hybridized carbons (Fsp3) is 0.182. The molecule has 0 bridgehead atoms. The summed E-state index contributed by atoms with van der Waals surface area (Å²) in [4.78, 5) is 4.17. The zero-order valence-electron chi connectivity index (χ0n) is 8.36. The molecule has 1 atom stereocenters. The molecule has 2 nitrogen and oxygen atoms in total. The van der Waals surface area contributed by atoms with Gasteiger partial charge in [0.2, 0.25) is 0 Å². The highest BCUT2D eigenvalue weighted by molar-refractivity contribution is 9.10. The van der Waals surface area contributed by atoms with E-state index in [1.165, 1.54) is 6.07 Å². The van der Waals surface area contributed by atoms with Crippen LogP contribution < -0.4 is 5.73 Å². The van der Waals surface area contributed by atoms with Crippen LogP contribution in [0.1, 0.15) is 16.6 Å². The van der Waals surface area contributed by atoms with Gasteiger partial charge in [-0.05, 0) is 33.6 Å². The summed E-state index contributed by atoms with van der Waals surface area (Å²) in [5, 5.41) is 2.91. The van der Waals surface area contributed by atoms with Gasteiger partial charge in [-0.3, -0.25) is 0 Å². The highest BCUT2D eigenvalue weighted by atomic mass is 79.9. The van der Waals surface area contributed by atoms with E-state index in [9.17, 15) is 4.39 Å². The van der Waals surface area contributed by atoms with E-state index in [1.807, 2.05) is 5.38 Å². The second kappa shape index (κ2) is 5.03. The van der Waals surface area contributed by atoms with Crippen molar-refractivity contribution in [2.75, 3.05) is 0 Å². The summed E-state index contributed by atoms with van der Waals surface area (Å²) < 4.78 is 13.5. The lowest BCUT2D eigenvalue weighted by atomic mass is 10.1. The number of hydrogen-bond acceptors (Lipinski definition) is 3. The van der Waals surface area contributed by atoms with Crippen molar-refractivity contribution in [3.8, 4) is 0 Å². The van der Waals surface area contributed by atoms with Gasteiger partial charge in [0.05, 0.1) is 9.48 Å². The number of aromatic nitrogens is 1. The minimum Gasteiger partial charge on any atom is -0.324 e. The molecule has 16 heavy (non-hydrogen) atoms. The summed E-state index contributed by atoms with van der Waals surface area (Å²) in [5.74, 6) is -0.273. The van der Waals surface area contributed by atoms with Crippen molar-refractivity contribution in [2.24, 2.45) is 5.73 Å². The first-order valence-electron chi connectivity index (χ1n) is 4.75. The molecule has 0 radical (unpaired) electrons. The molecule has 0 spiro atoms. The predicted octanol–water partition coefficient (Wildman–Crippen LogP) is 3.29. The van der Waals surface area contributed by atoms with E-state index in [0.29, 0.717) is 10.9 Å². The van der Waals surface area contributed by atoms with Gasteiger partial charge < -0.3 is 5.73 Å². The molecule has 1 aromatic heterocycles. The Bertz CT molecular complexity index is 473. The van der Waals surface area contributed by atoms with Gasteiger partial charge in [-0.15, -0.1) is 11.3 Å². The summed E-state index contributed by atoms with van der Waals surface area (Å²) in [6.45, 7) is 0. The van der Waals surface area contributed by atoms with Crippen LogP contribution in [0.4, 0.5) is 4.39 Å². The van der Waals surface area contributed by atoms with Crippen LogP contribution in [0.3, 0.4) is 0 Å². The van der Waals surface area contributed by atoms with Gasteiger partial charge in [0.1, 0.15) is 5.82 Å². The average Bonchev–Trinajstić information content (AvgIpc) is 2.74. The Kier molecular flexibility index (Phi) is 3.68. The van der Waals surface area contributed by atoms with Crippen molar-refractivity contribution in [3.05, 3.63) is 50.6 Å². The largest absolute Gasteiger partial charge is 0.324 e. The molecular weight excluding hydrogens is 291 g/mol. The minimum atomic E-state index is -0.273. The van der Waals surface area contributed by atoms with Crippen molar-refractivity contribution >= 4 is 27.3 Å². The maximum atomic E-state index is 13.0. The monoisotopic (exact) mass is 300 g/mol. The summed E-state index contributed by atoms with van der Waals surface area (Å²) >= 11 is 4.73. The van der Waals surface area contributed by atoms with Gasteiger partial charge in [0.25, 0.3) is 0 Å². The Balaban J connectivity index is 2.14. The quantitative estimate of drug-likeness (QED) is 0.945. The molecule has 84 valence electrons. The summed E-state index contributed by atoms with van der Waals surface area (Å²) in [7, 11) is 0. The number of benzene rings is 1. The molecule has 2 rings (SSSR count). The number of nitrogens with zero attached hydrogens (tertiary/aromatic N) is 1. The normalized spacial score (nSPS) is 12.7. The van der Waals surface area contributed by atoms with E-state index >= 15 is 0 Å². The lowest BCUT2D eigenvalue weighted by Gasteiger charge is -2.10. The highest BCUT2D eigenvalue weighted by Gasteiger charge is 2.10. The Morgan fingerprint density at radius 2 is 2.31 bits per heavy atom. The van der Waals surface area contributed by atoms with Crippen molar-refractivity contribution in [1.29, 1.82) is 0 Å². The second-order valence-electron chi connectivity index (χ2n) is 3.41. The SMILES string of the molecule is NC(Cc1nccs1)c1ccc(F)c(Br)c1. The lowest BCUT2D eigenvalue weighted by molar-refractivity contribution is 0.617. The first-order valence-corrected chi connectivity index (χ1v) is 6.43. The summed E-state index contributed by atoms with van der Waals surface area (Å²) in [6.07, 6.45) is 2.43. The molecular formula is C11H10BrFN2S. The number of thiazole rings is 1. The zero-order valence-corrected chi connectivity index (χ0v) is 10.8. The van der Waals surface area contributed by atoms with Crippen LogP contribution >= 0.6 is 27.3 Å². The third-order valence-corrected chi connectivity index (χ3v) is 3.66. The molecule has 0 amide bonds. The van der Waals surface area contributed by atoms with E-state index in [-0.39, 0.29) is 11.9 Å². The van der Waals surface area contributed by atoms with Gasteiger partial charge in [-0.25, -0.2) is 9.37 Å². The highest BCUT2D eigenvalue weighted by Crippen LogP contribution is 2.22. The first kappa shape index (κ1) is 11.7. The van der Waals surface area contributed by atoms with Crippen LogP contribution in [0.25, 0.3) is 0 Å². The predicted molar refractivity (Wildman–Crippen MR) is 66.8 cm³/mol. The lowest BCUT2D eigenvalue weighted by Crippen LogP contribution is -2.13. The van der Waals surface area contributed by atoms with E-state index in [0.717, 1.165) is 10.6 Å². The van der Waals surface area contributed by atoms with Crippen LogP contribution in [-0.4, -0.2) is 4.98 Å². The molecule has 0 fully saturated rings. The van der Waals surface area contributed by atoms with Crippen molar-refractivity contribution in [1.82, 2.24) is 4.98 Å². The molecule has 5 heteroatoms. The van der Waals surface area contributed by atoms with Crippen LogP contribution in [0.15, 0.2) is 34.2 Å². The molecule has 1 aromatic carbocycles. The second-order valence-corrected chi connectivity index (χ2v) is 5.24. The van der Waals surface area contributed by atoms with E-state index < -0.39 is 0 Å². The molecule has 1 unspecified atom stereocenters. The average molecular weight is 301 g/mol. The molecule has 0 saturated heterocycles. The van der Waals surface area contributed by atoms with Gasteiger partial charge in [-0.2, -0.15) is 0 Å². The molecule has 1 heterocycles. The molecule has 0 aliphatic rings. The van der Waals surface area contributed by atoms with E-state index in [2.05, 4.69) is 20.9 Å². The van der Waals surface area contributed by atoms with Crippen LogP contribution in [-0.2, 0) is 6.42 Å². The van der Waals surface area contributed by atoms with Crippen LogP contribution in [0, 0.1) is 5.82 Å². The van der Waals surface area contributed by atoms with Crippen LogP contribution in [0.2, 0.25) is 0 Å². The van der Waals surface area contributed by atoms with Crippen LogP contribution in [0.5, 0.6) is 0 Å². The first-order chi connectivity index (χ1) is 7.66. The molecule has 0 aliphatic heterocycles. The maximum Gasteiger partial charge on any atom is 0.137 e. The molecule has 2 aromatic rings. The summed E-state index contributed by atoms with van der Waals surface area (Å²) in [6, 6.07) is 4.69. The number of hydrogen-bond donors (Lipinski definition) is 1. The molecule has 0 aliphatic carbocycles. The molecule has 0 saturated carbocycles. The standard InChI is InChI=1S/C11H10BrFN2S/c12-8-5-7(1-2-9(8)13)10(14)6-11-15-3-4-16-11/h1-5,10H,6,14H2. The maximum absolute atomic E-state index is 13.0. The Morgan fingerprint density at radius 1 is 1.50 bits per heavy atom. The van der Waals surface area contributed by atoms with Gasteiger partial charge in [0.15, 0.2) is 0 Å². The third-order valence-electron chi connectivity index (χ3n) is 2.25. The fourth-order valence-corrected chi connectivity index (χ4v) is 2.48. The smallest absolute Gasteiger partial charge is 0.137 e. The van der Waals surface area contributed by atoms with E-state index in [1.54, 1.807) is 29.7 Å². The topological polar surface area (TPSA) is 38.9 Å². The fourth-order valence-electron chi connectivity index (χ4n) is 1.40. The van der Waals surface area contributed by atoms with Crippen molar-refractivity contribution < 1.29 is 4.39 Å². The summed E-state index contributed by atoms with van der Waals surface area (Å²) in [5.41, 5.74) is 6.93. The van der Waals surface area contributed by atoms with Crippen molar-refractivity contribution in [3.63, 3.8) is 0 Å². The molecule has 2 N–H and O–H groups in total. The number of rotatable bonds is 3. The van der Waals surface area contributed by atoms with Gasteiger partial charge in [0, 0.05) is 24.0 Å². The third kappa shape index (κ3) is 2.66. The number of nitrogens with two attached hydrogens (primary N) is 1. The van der Waals surface area contributed by atoms with Gasteiger partial charge >= 0.3 is 0 Å².